The van der Waals surface area contributed by atoms with Gasteiger partial charge in [0.1, 0.15) is 0 Å². The molecule has 0 saturated carbocycles. The van der Waals surface area contributed by atoms with E-state index in [9.17, 15) is 9.59 Å². The lowest BCUT2D eigenvalue weighted by Gasteiger charge is -2.18. The van der Waals surface area contributed by atoms with E-state index in [0.29, 0.717) is 13.1 Å². The molecule has 110 valence electrons. The zero-order chi connectivity index (χ0) is 15.2. The molecule has 0 aliphatic carbocycles. The molecular weight excluding hydrogens is 272 g/mol. The minimum absolute atomic E-state index is 0.0114. The van der Waals surface area contributed by atoms with Gasteiger partial charge >= 0.3 is 12.0 Å². The Morgan fingerprint density at radius 3 is 2.67 bits per heavy atom. The molecule has 21 heavy (non-hydrogen) atoms. The Balaban J connectivity index is 1.82. The quantitative estimate of drug-likeness (QED) is 0.871. The number of hydrogen-bond acceptors (Lipinski definition) is 3. The number of urea groups is 1. The van der Waals surface area contributed by atoms with Crippen molar-refractivity contribution in [1.29, 1.82) is 0 Å². The van der Waals surface area contributed by atoms with Crippen LogP contribution >= 0.6 is 0 Å². The lowest BCUT2D eigenvalue weighted by molar-refractivity contribution is 0.0691. The summed E-state index contributed by atoms with van der Waals surface area (Å²) in [5, 5.41) is 11.5. The van der Waals surface area contributed by atoms with E-state index < -0.39 is 5.97 Å². The maximum Gasteiger partial charge on any atom is 0.356 e. The number of aromatic nitrogens is 2. The number of nitrogens with one attached hydrogen (secondary N) is 1. The number of imidazole rings is 1. The van der Waals surface area contributed by atoms with Crippen molar-refractivity contribution in [2.45, 2.75) is 6.54 Å². The van der Waals surface area contributed by atoms with Crippen molar-refractivity contribution in [3.63, 3.8) is 0 Å². The Bertz CT molecular complexity index is 624. The average molecular weight is 288 g/mol. The standard InChI is InChI=1S/C14H16N4O3/c1-17(11-5-3-2-4-6-11)14(21)15-7-8-18-9-12(13(19)20)16-10-18/h2-6,9-10H,7-8H2,1H3,(H,15,21)(H,19,20). The Morgan fingerprint density at radius 2 is 2.05 bits per heavy atom. The molecule has 0 saturated heterocycles. The minimum Gasteiger partial charge on any atom is -0.476 e. The molecule has 0 bridgehead atoms. The number of carbonyl (C=O) groups excluding carboxylic acids is 1. The highest BCUT2D eigenvalue weighted by Gasteiger charge is 2.10. The first-order chi connectivity index (χ1) is 10.1. The van der Waals surface area contributed by atoms with Crippen LogP contribution in [0, 0.1) is 0 Å². The van der Waals surface area contributed by atoms with E-state index in [4.69, 9.17) is 5.11 Å². The van der Waals surface area contributed by atoms with Gasteiger partial charge in [-0.3, -0.25) is 4.90 Å². The molecule has 1 aromatic carbocycles. The summed E-state index contributed by atoms with van der Waals surface area (Å²) in [6.07, 6.45) is 2.85. The van der Waals surface area contributed by atoms with Crippen LogP contribution in [0.5, 0.6) is 0 Å². The van der Waals surface area contributed by atoms with E-state index in [2.05, 4.69) is 10.3 Å². The number of nitrogens with zero attached hydrogens (tertiary/aromatic N) is 3. The summed E-state index contributed by atoms with van der Waals surface area (Å²) in [7, 11) is 1.68. The van der Waals surface area contributed by atoms with Crippen LogP contribution in [0.1, 0.15) is 10.5 Å². The van der Waals surface area contributed by atoms with Crippen LogP contribution in [0.3, 0.4) is 0 Å². The van der Waals surface area contributed by atoms with E-state index in [1.807, 2.05) is 30.3 Å². The van der Waals surface area contributed by atoms with Crippen molar-refractivity contribution in [1.82, 2.24) is 14.9 Å². The number of hydrogen-bond donors (Lipinski definition) is 2. The predicted octanol–water partition coefficient (Wildman–Crippen LogP) is 1.43. The fraction of sp³-hybridized carbons (Fsp3) is 0.214. The first-order valence-electron chi connectivity index (χ1n) is 6.39. The topological polar surface area (TPSA) is 87.5 Å². The smallest absolute Gasteiger partial charge is 0.356 e. The predicted molar refractivity (Wildman–Crippen MR) is 77.4 cm³/mol. The van der Waals surface area contributed by atoms with Crippen molar-refractivity contribution >= 4 is 17.7 Å². The van der Waals surface area contributed by atoms with Crippen LogP contribution < -0.4 is 10.2 Å². The molecule has 1 heterocycles. The third-order valence-corrected chi connectivity index (χ3v) is 2.95. The van der Waals surface area contributed by atoms with Crippen molar-refractivity contribution in [2.75, 3.05) is 18.5 Å². The number of aromatic carboxylic acids is 1. The van der Waals surface area contributed by atoms with Crippen molar-refractivity contribution in [3.8, 4) is 0 Å². The zero-order valence-electron chi connectivity index (χ0n) is 11.6. The number of rotatable bonds is 5. The van der Waals surface area contributed by atoms with Gasteiger partial charge < -0.3 is 15.0 Å². The molecule has 1 aromatic heterocycles. The fourth-order valence-corrected chi connectivity index (χ4v) is 1.77. The van der Waals surface area contributed by atoms with Gasteiger partial charge in [0.25, 0.3) is 0 Å². The molecule has 0 atom stereocenters. The highest BCUT2D eigenvalue weighted by molar-refractivity contribution is 5.91. The van der Waals surface area contributed by atoms with Gasteiger partial charge in [-0.2, -0.15) is 0 Å². The molecule has 2 aromatic rings. The molecule has 7 nitrogen and oxygen atoms in total. The van der Waals surface area contributed by atoms with Gasteiger partial charge in [0.05, 0.1) is 6.33 Å². The van der Waals surface area contributed by atoms with E-state index >= 15 is 0 Å². The lowest BCUT2D eigenvalue weighted by atomic mass is 10.3. The maximum absolute atomic E-state index is 11.9. The third-order valence-electron chi connectivity index (χ3n) is 2.95. The molecule has 2 amide bonds. The Hall–Kier alpha value is -2.83. The monoisotopic (exact) mass is 288 g/mol. The van der Waals surface area contributed by atoms with E-state index in [0.717, 1.165) is 5.69 Å². The molecular formula is C14H16N4O3. The number of para-hydroxylation sites is 1. The van der Waals surface area contributed by atoms with Crippen LogP contribution in [0.2, 0.25) is 0 Å². The second-order valence-corrected chi connectivity index (χ2v) is 4.43. The number of benzene rings is 1. The van der Waals surface area contributed by atoms with E-state index in [1.54, 1.807) is 11.6 Å². The summed E-state index contributed by atoms with van der Waals surface area (Å²) in [6.45, 7) is 0.833. The first kappa shape index (κ1) is 14.6. The Morgan fingerprint density at radius 1 is 1.33 bits per heavy atom. The zero-order valence-corrected chi connectivity index (χ0v) is 11.6. The largest absolute Gasteiger partial charge is 0.476 e. The van der Waals surface area contributed by atoms with Crippen molar-refractivity contribution in [3.05, 3.63) is 48.5 Å². The summed E-state index contributed by atoms with van der Waals surface area (Å²) in [4.78, 5) is 27.9. The molecule has 0 aliphatic rings. The second kappa shape index (κ2) is 6.56. The van der Waals surface area contributed by atoms with Crippen LogP contribution in [0.15, 0.2) is 42.9 Å². The molecule has 0 spiro atoms. The van der Waals surface area contributed by atoms with Gasteiger partial charge in [0.15, 0.2) is 5.69 Å². The summed E-state index contributed by atoms with van der Waals surface area (Å²) in [6, 6.07) is 9.06. The number of anilines is 1. The van der Waals surface area contributed by atoms with Crippen LogP contribution in [-0.2, 0) is 6.54 Å². The minimum atomic E-state index is -1.07. The number of carboxylic acids is 1. The highest BCUT2D eigenvalue weighted by Crippen LogP contribution is 2.10. The second-order valence-electron chi connectivity index (χ2n) is 4.43. The molecule has 2 N–H and O–H groups in total. The molecule has 0 fully saturated rings. The van der Waals surface area contributed by atoms with Crippen molar-refractivity contribution in [2.24, 2.45) is 0 Å². The Labute approximate surface area is 121 Å². The summed E-state index contributed by atoms with van der Waals surface area (Å²) >= 11 is 0. The average Bonchev–Trinajstić information content (AvgIpc) is 2.96. The van der Waals surface area contributed by atoms with Gasteiger partial charge in [0, 0.05) is 32.0 Å². The molecule has 0 unspecified atom stereocenters. The van der Waals surface area contributed by atoms with Gasteiger partial charge in [0.2, 0.25) is 0 Å². The van der Waals surface area contributed by atoms with Gasteiger partial charge in [-0.25, -0.2) is 14.6 Å². The summed E-state index contributed by atoms with van der Waals surface area (Å²) in [5.74, 6) is -1.07. The lowest BCUT2D eigenvalue weighted by Crippen LogP contribution is -2.38. The molecule has 7 heteroatoms. The number of carbonyl (C=O) groups is 2. The van der Waals surface area contributed by atoms with Gasteiger partial charge in [-0.1, -0.05) is 18.2 Å². The molecule has 0 aliphatic heterocycles. The summed E-state index contributed by atoms with van der Waals surface area (Å²) < 4.78 is 1.62. The maximum atomic E-state index is 11.9. The fourth-order valence-electron chi connectivity index (χ4n) is 1.77. The van der Waals surface area contributed by atoms with Gasteiger partial charge in [-0.05, 0) is 12.1 Å². The number of amides is 2. The Kier molecular flexibility index (Phi) is 4.55. The number of carboxylic acid groups (broad SMARTS) is 1. The van der Waals surface area contributed by atoms with E-state index in [1.165, 1.54) is 17.4 Å². The van der Waals surface area contributed by atoms with Gasteiger partial charge in [-0.15, -0.1) is 0 Å². The molecule has 0 radical (unpaired) electrons. The van der Waals surface area contributed by atoms with Crippen LogP contribution in [0.4, 0.5) is 10.5 Å². The first-order valence-corrected chi connectivity index (χ1v) is 6.39. The van der Waals surface area contributed by atoms with Crippen LogP contribution in [0.25, 0.3) is 0 Å². The highest BCUT2D eigenvalue weighted by atomic mass is 16.4. The normalized spacial score (nSPS) is 10.1. The summed E-state index contributed by atoms with van der Waals surface area (Å²) in [5.41, 5.74) is 0.786. The third kappa shape index (κ3) is 3.82. The molecule has 2 rings (SSSR count). The SMILES string of the molecule is CN(C(=O)NCCn1cnc(C(=O)O)c1)c1ccccc1. The van der Waals surface area contributed by atoms with E-state index in [-0.39, 0.29) is 11.7 Å². The van der Waals surface area contributed by atoms with Crippen LogP contribution in [-0.4, -0.2) is 40.3 Å². The van der Waals surface area contributed by atoms with Crippen molar-refractivity contribution < 1.29 is 14.7 Å².